The molecule has 1 saturated carbocycles. The molecule has 0 bridgehead atoms. The van der Waals surface area contributed by atoms with E-state index >= 15 is 0 Å². The molecule has 0 aromatic rings. The van der Waals surface area contributed by atoms with Gasteiger partial charge in [0.25, 0.3) is 0 Å². The molecule has 0 aliphatic heterocycles. The fourth-order valence-corrected chi connectivity index (χ4v) is 3.72. The van der Waals surface area contributed by atoms with Gasteiger partial charge in [-0.2, -0.15) is 0 Å². The largest absolute Gasteiger partial charge is 0.303 e. The summed E-state index contributed by atoms with van der Waals surface area (Å²) in [4.78, 5) is 11.1. The van der Waals surface area contributed by atoms with Gasteiger partial charge in [0.05, 0.1) is 0 Å². The highest BCUT2D eigenvalue weighted by molar-refractivity contribution is 5.54. The van der Waals surface area contributed by atoms with E-state index in [0.717, 1.165) is 12.7 Å². The molecule has 1 fully saturated rings. The molecule has 3 atom stereocenters. The molecule has 1 heteroatoms. The van der Waals surface area contributed by atoms with E-state index < -0.39 is 0 Å². The predicted molar refractivity (Wildman–Crippen MR) is 71.7 cm³/mol. The quantitative estimate of drug-likeness (QED) is 0.654. The van der Waals surface area contributed by atoms with Crippen molar-refractivity contribution in [2.45, 2.75) is 47.0 Å². The summed E-state index contributed by atoms with van der Waals surface area (Å²) in [5.41, 5.74) is 1.73. The molecule has 0 amide bonds. The van der Waals surface area contributed by atoms with Gasteiger partial charge in [0.1, 0.15) is 6.29 Å². The Hall–Kier alpha value is -0.850. The van der Waals surface area contributed by atoms with Gasteiger partial charge in [0.15, 0.2) is 0 Å². The van der Waals surface area contributed by atoms with Gasteiger partial charge >= 0.3 is 0 Å². The second-order valence-corrected chi connectivity index (χ2v) is 6.54. The van der Waals surface area contributed by atoms with Crippen molar-refractivity contribution in [3.05, 3.63) is 23.8 Å². The molecule has 2 rings (SSSR count). The third-order valence-electron chi connectivity index (χ3n) is 5.69. The molecule has 1 nitrogen and oxygen atoms in total. The zero-order valence-electron chi connectivity index (χ0n) is 11.5. The maximum absolute atomic E-state index is 11.1. The molecule has 0 aromatic carbocycles. The Morgan fingerprint density at radius 1 is 1.41 bits per heavy atom. The topological polar surface area (TPSA) is 17.1 Å². The first-order chi connectivity index (χ1) is 7.93. The maximum Gasteiger partial charge on any atom is 0.120 e. The van der Waals surface area contributed by atoms with E-state index in [2.05, 4.69) is 45.9 Å². The van der Waals surface area contributed by atoms with Crippen molar-refractivity contribution in [2.24, 2.45) is 22.7 Å². The summed E-state index contributed by atoms with van der Waals surface area (Å²) < 4.78 is 0. The summed E-state index contributed by atoms with van der Waals surface area (Å²) >= 11 is 0. The fourth-order valence-electron chi connectivity index (χ4n) is 3.72. The molecule has 2 aliphatic carbocycles. The smallest absolute Gasteiger partial charge is 0.120 e. The van der Waals surface area contributed by atoms with Gasteiger partial charge in [-0.25, -0.2) is 0 Å². The average Bonchev–Trinajstić information content (AvgIpc) is 2.28. The first-order valence-electron chi connectivity index (χ1n) is 6.74. The summed E-state index contributed by atoms with van der Waals surface area (Å²) in [5, 5.41) is 0. The number of aldehydes is 1. The van der Waals surface area contributed by atoms with Crippen LogP contribution < -0.4 is 0 Å². The number of rotatable bonds is 2. The van der Waals surface area contributed by atoms with Crippen molar-refractivity contribution < 1.29 is 4.79 Å². The number of carbonyl (C=O) groups excluding carboxylic acids is 1. The van der Waals surface area contributed by atoms with E-state index in [1.54, 1.807) is 0 Å². The summed E-state index contributed by atoms with van der Waals surface area (Å²) in [6.45, 7) is 9.29. The van der Waals surface area contributed by atoms with Crippen molar-refractivity contribution in [2.75, 3.05) is 0 Å². The minimum atomic E-state index is 0.0296. The van der Waals surface area contributed by atoms with Gasteiger partial charge in [-0.1, -0.05) is 51.5 Å². The molecular weight excluding hydrogens is 208 g/mol. The molecule has 3 unspecified atom stereocenters. The van der Waals surface area contributed by atoms with Crippen LogP contribution >= 0.6 is 0 Å². The molecule has 0 N–H and O–H groups in total. The molecule has 0 heterocycles. The van der Waals surface area contributed by atoms with Crippen LogP contribution in [0.25, 0.3) is 0 Å². The first-order valence-corrected chi connectivity index (χ1v) is 6.74. The minimum Gasteiger partial charge on any atom is -0.303 e. The fraction of sp³-hybridized carbons (Fsp3) is 0.688. The lowest BCUT2D eigenvalue weighted by Gasteiger charge is -2.56. The Morgan fingerprint density at radius 3 is 2.76 bits per heavy atom. The highest BCUT2D eigenvalue weighted by Crippen LogP contribution is 2.60. The van der Waals surface area contributed by atoms with Crippen LogP contribution in [-0.2, 0) is 4.79 Å². The van der Waals surface area contributed by atoms with Crippen molar-refractivity contribution in [3.8, 4) is 0 Å². The molecule has 0 spiro atoms. The van der Waals surface area contributed by atoms with Gasteiger partial charge in [-0.15, -0.1) is 0 Å². The molecule has 17 heavy (non-hydrogen) atoms. The first kappa shape index (κ1) is 12.6. The average molecular weight is 232 g/mol. The minimum absolute atomic E-state index is 0.0296. The molecular formula is C16H24O. The van der Waals surface area contributed by atoms with Crippen LogP contribution in [0.2, 0.25) is 0 Å². The molecule has 2 aliphatic rings. The maximum atomic E-state index is 11.1. The normalized spacial score (nSPS) is 39.4. The SMILES string of the molecule is CC1CC2CC=CC=C2C(C)(CC=O)C1(C)C. The van der Waals surface area contributed by atoms with Crippen LogP contribution in [0.1, 0.15) is 47.0 Å². The number of hydrogen-bond donors (Lipinski definition) is 0. The Morgan fingerprint density at radius 2 is 2.12 bits per heavy atom. The number of fused-ring (bicyclic) bond motifs is 1. The van der Waals surface area contributed by atoms with Crippen molar-refractivity contribution in [1.82, 2.24) is 0 Å². The zero-order chi connectivity index (χ0) is 12.7. The van der Waals surface area contributed by atoms with Crippen LogP contribution in [0.3, 0.4) is 0 Å². The second-order valence-electron chi connectivity index (χ2n) is 6.54. The van der Waals surface area contributed by atoms with Gasteiger partial charge in [-0.05, 0) is 30.1 Å². The van der Waals surface area contributed by atoms with E-state index in [-0.39, 0.29) is 10.8 Å². The molecule has 94 valence electrons. The lowest BCUT2D eigenvalue weighted by atomic mass is 9.48. The summed E-state index contributed by atoms with van der Waals surface area (Å²) in [7, 11) is 0. The highest BCUT2D eigenvalue weighted by atomic mass is 16.1. The number of hydrogen-bond acceptors (Lipinski definition) is 1. The lowest BCUT2D eigenvalue weighted by molar-refractivity contribution is -0.112. The Kier molecular flexibility index (Phi) is 3.05. The predicted octanol–water partition coefficient (Wildman–Crippen LogP) is 4.15. The summed E-state index contributed by atoms with van der Waals surface area (Å²) in [6.07, 6.45) is 10.9. The number of carbonyl (C=O) groups is 1. The second kappa shape index (κ2) is 4.12. The molecule has 0 aromatic heterocycles. The van der Waals surface area contributed by atoms with Crippen LogP contribution in [-0.4, -0.2) is 6.29 Å². The monoisotopic (exact) mass is 232 g/mol. The highest BCUT2D eigenvalue weighted by Gasteiger charge is 2.52. The van der Waals surface area contributed by atoms with Crippen molar-refractivity contribution in [1.29, 1.82) is 0 Å². The summed E-state index contributed by atoms with van der Waals surface area (Å²) in [5.74, 6) is 1.33. The standard InChI is InChI=1S/C16H24O/c1-12-11-13-7-5-6-8-14(13)16(4,9-10-17)15(12,2)3/h5-6,8,10,12-13H,7,9,11H2,1-4H3. The van der Waals surface area contributed by atoms with Crippen LogP contribution in [0, 0.1) is 22.7 Å². The lowest BCUT2D eigenvalue weighted by Crippen LogP contribution is -2.48. The van der Waals surface area contributed by atoms with E-state index in [1.165, 1.54) is 12.0 Å². The van der Waals surface area contributed by atoms with Crippen LogP contribution in [0.5, 0.6) is 0 Å². The molecule has 0 saturated heterocycles. The van der Waals surface area contributed by atoms with Crippen molar-refractivity contribution in [3.63, 3.8) is 0 Å². The van der Waals surface area contributed by atoms with Crippen molar-refractivity contribution >= 4 is 6.29 Å². The van der Waals surface area contributed by atoms with Gasteiger partial charge in [0, 0.05) is 11.8 Å². The van der Waals surface area contributed by atoms with Gasteiger partial charge in [-0.3, -0.25) is 0 Å². The van der Waals surface area contributed by atoms with Crippen LogP contribution in [0.15, 0.2) is 23.8 Å². The Bertz CT molecular complexity index is 375. The van der Waals surface area contributed by atoms with E-state index in [9.17, 15) is 4.79 Å². The third kappa shape index (κ3) is 1.71. The van der Waals surface area contributed by atoms with E-state index in [0.29, 0.717) is 18.3 Å². The molecule has 0 radical (unpaired) electrons. The van der Waals surface area contributed by atoms with E-state index in [1.807, 2.05) is 0 Å². The van der Waals surface area contributed by atoms with Gasteiger partial charge in [0.2, 0.25) is 0 Å². The Labute approximate surface area is 105 Å². The summed E-state index contributed by atoms with van der Waals surface area (Å²) in [6, 6.07) is 0. The van der Waals surface area contributed by atoms with Gasteiger partial charge < -0.3 is 4.79 Å². The Balaban J connectivity index is 2.49. The van der Waals surface area contributed by atoms with Crippen LogP contribution in [0.4, 0.5) is 0 Å². The number of allylic oxidation sites excluding steroid dienone is 4. The van der Waals surface area contributed by atoms with E-state index in [4.69, 9.17) is 0 Å². The zero-order valence-corrected chi connectivity index (χ0v) is 11.5. The third-order valence-corrected chi connectivity index (χ3v) is 5.69.